The number of benzene rings is 1. The van der Waals surface area contributed by atoms with E-state index in [2.05, 4.69) is 21.1 Å². The second kappa shape index (κ2) is 4.49. The van der Waals surface area contributed by atoms with Crippen LogP contribution in [0, 0.1) is 5.82 Å². The van der Waals surface area contributed by atoms with Gasteiger partial charge in [0.05, 0.1) is 5.56 Å². The number of hydrogen-bond donors (Lipinski definition) is 1. The molecule has 0 aliphatic rings. The second-order valence-electron chi connectivity index (χ2n) is 4.09. The Hall–Kier alpha value is -1.36. The summed E-state index contributed by atoms with van der Waals surface area (Å²) in [4.78, 5) is 0. The molecule has 0 radical (unpaired) electrons. The average molecular weight is 299 g/mol. The van der Waals surface area contributed by atoms with E-state index < -0.39 is 0 Å². The third-order valence-corrected chi connectivity index (χ3v) is 3.00. The van der Waals surface area contributed by atoms with Gasteiger partial charge in [0.25, 0.3) is 0 Å². The van der Waals surface area contributed by atoms with Gasteiger partial charge in [-0.1, -0.05) is 34.9 Å². The predicted molar refractivity (Wildman–Crippen MR) is 68.1 cm³/mol. The van der Waals surface area contributed by atoms with E-state index in [1.807, 2.05) is 13.8 Å². The lowest BCUT2D eigenvalue weighted by molar-refractivity contribution is 0.432. The third-order valence-electron chi connectivity index (χ3n) is 2.51. The van der Waals surface area contributed by atoms with Crippen LogP contribution in [-0.2, 0) is 0 Å². The highest BCUT2D eigenvalue weighted by Crippen LogP contribution is 2.35. The zero-order valence-corrected chi connectivity index (χ0v) is 11.1. The van der Waals surface area contributed by atoms with Gasteiger partial charge in [-0.3, -0.25) is 0 Å². The zero-order chi connectivity index (χ0) is 12.6. The van der Waals surface area contributed by atoms with Gasteiger partial charge in [0.15, 0.2) is 11.6 Å². The van der Waals surface area contributed by atoms with E-state index in [9.17, 15) is 4.39 Å². The van der Waals surface area contributed by atoms with Crippen LogP contribution >= 0.6 is 15.9 Å². The second-order valence-corrected chi connectivity index (χ2v) is 5.01. The standard InChI is InChI=1S/C12H12BrFN2O/c1-6(2)10-11(17-16-12(10)15)8-5-7(13)3-4-9(8)14/h3-6H,1-2H3,(H2,15,16). The Labute approximate surface area is 107 Å². The average Bonchev–Trinajstić information content (AvgIpc) is 2.64. The molecule has 1 aromatic heterocycles. The lowest BCUT2D eigenvalue weighted by Crippen LogP contribution is -1.96. The Bertz CT molecular complexity index is 551. The molecule has 17 heavy (non-hydrogen) atoms. The highest BCUT2D eigenvalue weighted by molar-refractivity contribution is 9.10. The molecule has 1 heterocycles. The smallest absolute Gasteiger partial charge is 0.175 e. The van der Waals surface area contributed by atoms with Crippen LogP contribution < -0.4 is 5.73 Å². The number of nitrogens with zero attached hydrogens (tertiary/aromatic N) is 1. The van der Waals surface area contributed by atoms with Crippen LogP contribution in [0.1, 0.15) is 25.3 Å². The van der Waals surface area contributed by atoms with Gasteiger partial charge in [-0.2, -0.15) is 0 Å². The first-order chi connectivity index (χ1) is 8.00. The van der Waals surface area contributed by atoms with Crippen LogP contribution in [0.4, 0.5) is 10.2 Å². The molecule has 0 spiro atoms. The van der Waals surface area contributed by atoms with E-state index in [1.54, 1.807) is 12.1 Å². The molecule has 2 rings (SSSR count). The molecule has 0 fully saturated rings. The van der Waals surface area contributed by atoms with Crippen molar-refractivity contribution in [1.29, 1.82) is 0 Å². The molecule has 0 atom stereocenters. The topological polar surface area (TPSA) is 52.0 Å². The van der Waals surface area contributed by atoms with Crippen molar-refractivity contribution < 1.29 is 8.91 Å². The van der Waals surface area contributed by atoms with Crippen molar-refractivity contribution in [1.82, 2.24) is 5.16 Å². The minimum atomic E-state index is -0.355. The molecule has 0 amide bonds. The van der Waals surface area contributed by atoms with Gasteiger partial charge in [-0.25, -0.2) is 4.39 Å². The normalized spacial score (nSPS) is 11.1. The van der Waals surface area contributed by atoms with Crippen molar-refractivity contribution in [2.45, 2.75) is 19.8 Å². The number of rotatable bonds is 2. The predicted octanol–water partition coefficient (Wildman–Crippen LogP) is 3.95. The Morgan fingerprint density at radius 1 is 1.41 bits per heavy atom. The fourth-order valence-corrected chi connectivity index (χ4v) is 2.09. The number of halogens is 2. The van der Waals surface area contributed by atoms with Crippen molar-refractivity contribution >= 4 is 21.7 Å². The summed E-state index contributed by atoms with van der Waals surface area (Å²) in [6.45, 7) is 3.92. The summed E-state index contributed by atoms with van der Waals surface area (Å²) in [6, 6.07) is 4.66. The Balaban J connectivity index is 2.64. The van der Waals surface area contributed by atoms with Crippen molar-refractivity contribution in [2.75, 3.05) is 5.73 Å². The van der Waals surface area contributed by atoms with E-state index >= 15 is 0 Å². The van der Waals surface area contributed by atoms with E-state index in [1.165, 1.54) is 6.07 Å². The van der Waals surface area contributed by atoms with E-state index in [0.29, 0.717) is 17.1 Å². The quantitative estimate of drug-likeness (QED) is 0.913. The van der Waals surface area contributed by atoms with E-state index in [0.717, 1.165) is 10.0 Å². The van der Waals surface area contributed by atoms with Gasteiger partial charge >= 0.3 is 0 Å². The molecule has 2 aromatic rings. The maximum absolute atomic E-state index is 13.8. The fourth-order valence-electron chi connectivity index (χ4n) is 1.73. The maximum atomic E-state index is 13.8. The molecular formula is C12H12BrFN2O. The lowest BCUT2D eigenvalue weighted by atomic mass is 9.99. The summed E-state index contributed by atoms with van der Waals surface area (Å²) in [5, 5.41) is 3.71. The molecule has 0 aliphatic carbocycles. The molecule has 0 saturated carbocycles. The van der Waals surface area contributed by atoms with Crippen molar-refractivity contribution in [3.8, 4) is 11.3 Å². The third kappa shape index (κ3) is 2.20. The Morgan fingerprint density at radius 2 is 2.12 bits per heavy atom. The SMILES string of the molecule is CC(C)c1c(N)noc1-c1cc(Br)ccc1F. The van der Waals surface area contributed by atoms with Crippen LogP contribution in [0.15, 0.2) is 27.2 Å². The number of nitrogen functional groups attached to an aromatic ring is 1. The number of nitrogens with two attached hydrogens (primary N) is 1. The summed E-state index contributed by atoms with van der Waals surface area (Å²) in [5.74, 6) is 0.478. The molecule has 1 aromatic carbocycles. The fraction of sp³-hybridized carbons (Fsp3) is 0.250. The molecule has 0 bridgehead atoms. The first kappa shape index (κ1) is 12.1. The molecule has 0 unspecified atom stereocenters. The molecule has 3 nitrogen and oxygen atoms in total. The van der Waals surface area contributed by atoms with Crippen LogP contribution in [0.2, 0.25) is 0 Å². The van der Waals surface area contributed by atoms with Crippen LogP contribution in [0.5, 0.6) is 0 Å². The molecule has 0 aliphatic heterocycles. The van der Waals surface area contributed by atoms with Gasteiger partial charge in [-0.05, 0) is 24.1 Å². The van der Waals surface area contributed by atoms with Gasteiger partial charge in [0.1, 0.15) is 5.82 Å². The van der Waals surface area contributed by atoms with Gasteiger partial charge in [0.2, 0.25) is 0 Å². The molecule has 5 heteroatoms. The number of hydrogen-bond acceptors (Lipinski definition) is 3. The van der Waals surface area contributed by atoms with Crippen LogP contribution in [0.25, 0.3) is 11.3 Å². The summed E-state index contributed by atoms with van der Waals surface area (Å²) in [7, 11) is 0. The first-order valence-electron chi connectivity index (χ1n) is 5.21. The molecular weight excluding hydrogens is 287 g/mol. The van der Waals surface area contributed by atoms with Crippen molar-refractivity contribution in [3.05, 3.63) is 34.1 Å². The molecule has 90 valence electrons. The minimum absolute atomic E-state index is 0.120. The highest BCUT2D eigenvalue weighted by Gasteiger charge is 2.21. The lowest BCUT2D eigenvalue weighted by Gasteiger charge is -2.06. The van der Waals surface area contributed by atoms with Gasteiger partial charge < -0.3 is 10.3 Å². The van der Waals surface area contributed by atoms with Crippen LogP contribution in [0.3, 0.4) is 0 Å². The first-order valence-corrected chi connectivity index (χ1v) is 6.00. The van der Waals surface area contributed by atoms with Gasteiger partial charge in [0, 0.05) is 10.0 Å². The minimum Gasteiger partial charge on any atom is -0.381 e. The van der Waals surface area contributed by atoms with E-state index in [4.69, 9.17) is 10.3 Å². The summed E-state index contributed by atoms with van der Waals surface area (Å²) < 4.78 is 19.7. The van der Waals surface area contributed by atoms with Crippen molar-refractivity contribution in [2.24, 2.45) is 0 Å². The van der Waals surface area contributed by atoms with Crippen LogP contribution in [-0.4, -0.2) is 5.16 Å². The molecule has 0 saturated heterocycles. The highest BCUT2D eigenvalue weighted by atomic mass is 79.9. The zero-order valence-electron chi connectivity index (χ0n) is 9.50. The summed E-state index contributed by atoms with van der Waals surface area (Å²) in [6.07, 6.45) is 0. The number of aromatic nitrogens is 1. The van der Waals surface area contributed by atoms with Crippen molar-refractivity contribution in [3.63, 3.8) is 0 Å². The Kier molecular flexibility index (Phi) is 3.19. The Morgan fingerprint density at radius 3 is 2.76 bits per heavy atom. The monoisotopic (exact) mass is 298 g/mol. The van der Waals surface area contributed by atoms with E-state index in [-0.39, 0.29) is 11.7 Å². The number of anilines is 1. The van der Waals surface area contributed by atoms with Gasteiger partial charge in [-0.15, -0.1) is 0 Å². The molecule has 2 N–H and O–H groups in total. The summed E-state index contributed by atoms with van der Waals surface area (Å²) in [5.41, 5.74) is 6.83. The summed E-state index contributed by atoms with van der Waals surface area (Å²) >= 11 is 3.30. The maximum Gasteiger partial charge on any atom is 0.175 e. The largest absolute Gasteiger partial charge is 0.381 e.